The first kappa shape index (κ1) is 42.8. The number of ether oxygens (including phenoxy) is 2. The molecular formula is C37H74NO6+. The van der Waals surface area contributed by atoms with Gasteiger partial charge in [0.15, 0.2) is 6.10 Å². The molecule has 0 fully saturated rings. The van der Waals surface area contributed by atoms with Crippen LogP contribution in [0.4, 0.5) is 0 Å². The number of esters is 2. The molecule has 44 heavy (non-hydrogen) atoms. The molecule has 0 aliphatic rings. The van der Waals surface area contributed by atoms with Gasteiger partial charge in [-0.05, 0) is 12.8 Å². The molecule has 0 bridgehead atoms. The number of quaternary nitrogens is 1. The molecule has 7 nitrogen and oxygen atoms in total. The number of aliphatic hydroxyl groups is 2. The highest BCUT2D eigenvalue weighted by Crippen LogP contribution is 2.15. The van der Waals surface area contributed by atoms with Gasteiger partial charge in [0, 0.05) is 25.9 Å². The van der Waals surface area contributed by atoms with Crippen LogP contribution in [-0.2, 0) is 19.1 Å². The molecule has 2 atom stereocenters. The first-order valence-corrected chi connectivity index (χ1v) is 18.8. The van der Waals surface area contributed by atoms with Crippen molar-refractivity contribution in [3.05, 3.63) is 0 Å². The molecule has 7 heteroatoms. The Morgan fingerprint density at radius 2 is 0.955 bits per heavy atom. The van der Waals surface area contributed by atoms with E-state index < -0.39 is 6.10 Å². The maximum Gasteiger partial charge on any atom is 0.306 e. The Morgan fingerprint density at radius 1 is 0.545 bits per heavy atom. The van der Waals surface area contributed by atoms with E-state index in [0.717, 1.165) is 38.5 Å². The predicted molar refractivity (Wildman–Crippen MR) is 183 cm³/mol. The number of nitrogens with zero attached hydrogens (tertiary/aromatic N) is 1. The first-order chi connectivity index (χ1) is 21.4. The number of aliphatic hydroxyl groups excluding tert-OH is 2. The fraction of sp³-hybridized carbons (Fsp3) is 0.946. The summed E-state index contributed by atoms with van der Waals surface area (Å²) in [4.78, 5) is 25.2. The summed E-state index contributed by atoms with van der Waals surface area (Å²) in [6.07, 6.45) is 27.8. The van der Waals surface area contributed by atoms with Gasteiger partial charge in [-0.3, -0.25) is 9.59 Å². The van der Waals surface area contributed by atoms with E-state index in [2.05, 4.69) is 13.8 Å². The second-order valence-corrected chi connectivity index (χ2v) is 13.4. The molecule has 0 rings (SSSR count). The van der Waals surface area contributed by atoms with Gasteiger partial charge in [0.05, 0.1) is 20.2 Å². The van der Waals surface area contributed by atoms with Crippen LogP contribution in [0.3, 0.4) is 0 Å². The van der Waals surface area contributed by atoms with E-state index in [1.165, 1.54) is 103 Å². The fourth-order valence-corrected chi connectivity index (χ4v) is 5.97. The number of likely N-dealkylation sites (N-methyl/N-ethyl adjacent to an activating group) is 1. The maximum atomic E-state index is 12.7. The Balaban J connectivity index is 4.43. The van der Waals surface area contributed by atoms with E-state index in [9.17, 15) is 19.8 Å². The lowest BCUT2D eigenvalue weighted by atomic mass is 10.1. The van der Waals surface area contributed by atoms with Crippen LogP contribution in [0.15, 0.2) is 0 Å². The van der Waals surface area contributed by atoms with Crippen molar-refractivity contribution < 1.29 is 33.8 Å². The molecule has 2 N–H and O–H groups in total. The number of unbranched alkanes of at least 4 members (excludes halogenated alkanes) is 20. The number of hydrogen-bond donors (Lipinski definition) is 2. The van der Waals surface area contributed by atoms with Crippen molar-refractivity contribution in [2.75, 3.05) is 46.5 Å². The van der Waals surface area contributed by atoms with Gasteiger partial charge >= 0.3 is 11.9 Å². The fourth-order valence-electron chi connectivity index (χ4n) is 5.97. The molecule has 0 aromatic carbocycles. The molecule has 0 amide bonds. The molecule has 0 saturated heterocycles. The highest BCUT2D eigenvalue weighted by molar-refractivity contribution is 5.70. The minimum atomic E-state index is -0.563. The molecule has 0 aliphatic heterocycles. The molecule has 0 aliphatic carbocycles. The van der Waals surface area contributed by atoms with Crippen molar-refractivity contribution in [1.82, 2.24) is 0 Å². The van der Waals surface area contributed by atoms with Crippen LogP contribution in [0.1, 0.15) is 174 Å². The van der Waals surface area contributed by atoms with Gasteiger partial charge in [0.2, 0.25) is 0 Å². The number of hydrogen-bond acceptors (Lipinski definition) is 6. The van der Waals surface area contributed by atoms with Gasteiger partial charge in [-0.2, -0.15) is 0 Å². The SMILES string of the molecule is CCCCCCCCCCCCCC(=O)OC[C@H](C[N+](C)(CCO)CCCO)OC(=O)CCCCCCCCCCCCC. The van der Waals surface area contributed by atoms with Crippen LogP contribution >= 0.6 is 0 Å². The van der Waals surface area contributed by atoms with Gasteiger partial charge in [-0.25, -0.2) is 0 Å². The Hall–Kier alpha value is -1.18. The zero-order valence-corrected chi connectivity index (χ0v) is 29.5. The van der Waals surface area contributed by atoms with Crippen LogP contribution in [-0.4, -0.2) is 79.2 Å². The van der Waals surface area contributed by atoms with E-state index in [0.29, 0.717) is 43.4 Å². The van der Waals surface area contributed by atoms with Crippen molar-refractivity contribution in [3.8, 4) is 0 Å². The standard InChI is InChI=1S/C37H74NO6/c1-4-6-8-10-12-14-16-18-20-22-24-27-36(41)43-34-35(33-38(3,30-32-40)29-26-31-39)44-37(42)28-25-23-21-19-17-15-13-11-9-7-5-2/h35,39-40H,4-34H2,1-3H3/q+1/t35-,38?/m0/s1. The molecule has 0 aromatic heterocycles. The van der Waals surface area contributed by atoms with Crippen LogP contribution in [0, 0.1) is 0 Å². The zero-order chi connectivity index (χ0) is 32.6. The van der Waals surface area contributed by atoms with Gasteiger partial charge in [0.1, 0.15) is 19.7 Å². The van der Waals surface area contributed by atoms with E-state index in [4.69, 9.17) is 9.47 Å². The summed E-state index contributed by atoms with van der Waals surface area (Å²) in [5.74, 6) is -0.482. The van der Waals surface area contributed by atoms with Crippen molar-refractivity contribution >= 4 is 11.9 Å². The van der Waals surface area contributed by atoms with Crippen LogP contribution in [0.25, 0.3) is 0 Å². The lowest BCUT2D eigenvalue weighted by Gasteiger charge is -2.36. The minimum absolute atomic E-state index is 0.0000200. The van der Waals surface area contributed by atoms with Gasteiger partial charge in [0.25, 0.3) is 0 Å². The average molecular weight is 629 g/mol. The lowest BCUT2D eigenvalue weighted by Crippen LogP contribution is -2.53. The molecule has 0 heterocycles. The third kappa shape index (κ3) is 28.3. The molecular weight excluding hydrogens is 554 g/mol. The normalized spacial score (nSPS) is 13.5. The molecule has 0 saturated carbocycles. The van der Waals surface area contributed by atoms with Crippen LogP contribution < -0.4 is 0 Å². The van der Waals surface area contributed by atoms with Gasteiger partial charge in [-0.1, -0.05) is 142 Å². The monoisotopic (exact) mass is 629 g/mol. The number of rotatable bonds is 34. The quantitative estimate of drug-likeness (QED) is 0.0421. The summed E-state index contributed by atoms with van der Waals surface area (Å²) in [5.41, 5.74) is 0. The maximum absolute atomic E-state index is 12.7. The third-order valence-electron chi connectivity index (χ3n) is 8.84. The predicted octanol–water partition coefficient (Wildman–Crippen LogP) is 8.66. The summed E-state index contributed by atoms with van der Waals surface area (Å²) in [6, 6.07) is 0. The Kier molecular flexibility index (Phi) is 30.9. The van der Waals surface area contributed by atoms with Crippen molar-refractivity contribution in [1.29, 1.82) is 0 Å². The average Bonchev–Trinajstić information content (AvgIpc) is 3.00. The largest absolute Gasteiger partial charge is 0.461 e. The summed E-state index contributed by atoms with van der Waals surface area (Å²) in [6.45, 7) is 6.18. The lowest BCUT2D eigenvalue weighted by molar-refractivity contribution is -0.912. The second kappa shape index (κ2) is 31.8. The topological polar surface area (TPSA) is 93.1 Å². The van der Waals surface area contributed by atoms with E-state index in [1.54, 1.807) is 0 Å². The molecule has 262 valence electrons. The zero-order valence-electron chi connectivity index (χ0n) is 29.5. The van der Waals surface area contributed by atoms with Crippen molar-refractivity contribution in [3.63, 3.8) is 0 Å². The van der Waals surface area contributed by atoms with E-state index in [1.807, 2.05) is 7.05 Å². The summed E-state index contributed by atoms with van der Waals surface area (Å²) >= 11 is 0. The Bertz CT molecular complexity index is 645. The number of carbonyl (C=O) groups excluding carboxylic acids is 2. The highest BCUT2D eigenvalue weighted by Gasteiger charge is 2.29. The number of carbonyl (C=O) groups is 2. The van der Waals surface area contributed by atoms with Gasteiger partial charge < -0.3 is 24.2 Å². The second-order valence-electron chi connectivity index (χ2n) is 13.4. The van der Waals surface area contributed by atoms with E-state index >= 15 is 0 Å². The Labute approximate surface area is 272 Å². The molecule has 0 aromatic rings. The van der Waals surface area contributed by atoms with E-state index in [-0.39, 0.29) is 31.8 Å². The van der Waals surface area contributed by atoms with Crippen molar-refractivity contribution in [2.45, 2.75) is 180 Å². The summed E-state index contributed by atoms with van der Waals surface area (Å²) < 4.78 is 11.9. The third-order valence-corrected chi connectivity index (χ3v) is 8.84. The first-order valence-electron chi connectivity index (χ1n) is 18.8. The molecule has 0 radical (unpaired) electrons. The summed E-state index contributed by atoms with van der Waals surface area (Å²) in [7, 11) is 1.99. The van der Waals surface area contributed by atoms with Crippen LogP contribution in [0.5, 0.6) is 0 Å². The molecule has 0 spiro atoms. The highest BCUT2D eigenvalue weighted by atomic mass is 16.6. The van der Waals surface area contributed by atoms with Gasteiger partial charge in [-0.15, -0.1) is 0 Å². The van der Waals surface area contributed by atoms with Crippen molar-refractivity contribution in [2.24, 2.45) is 0 Å². The smallest absolute Gasteiger partial charge is 0.306 e. The summed E-state index contributed by atoms with van der Waals surface area (Å²) in [5, 5.41) is 19.0. The van der Waals surface area contributed by atoms with Crippen LogP contribution in [0.2, 0.25) is 0 Å². The minimum Gasteiger partial charge on any atom is -0.461 e. The Morgan fingerprint density at radius 3 is 1.36 bits per heavy atom. The molecule has 1 unspecified atom stereocenters.